The van der Waals surface area contributed by atoms with Crippen molar-refractivity contribution in [3.8, 4) is 0 Å². The van der Waals surface area contributed by atoms with E-state index in [-0.39, 0.29) is 5.56 Å². The van der Waals surface area contributed by atoms with Crippen LogP contribution in [0.1, 0.15) is 30.6 Å². The van der Waals surface area contributed by atoms with Crippen LogP contribution in [0.4, 0.5) is 0 Å². The number of hydrogen-bond donors (Lipinski definition) is 1. The summed E-state index contributed by atoms with van der Waals surface area (Å²) in [6, 6.07) is 15.7. The maximum Gasteiger partial charge on any atom is 0.258 e. The molecule has 1 N–H and O–H groups in total. The molecule has 138 valence electrons. The highest BCUT2D eigenvalue weighted by atomic mass is 32.1. The second-order valence-electron chi connectivity index (χ2n) is 6.67. The van der Waals surface area contributed by atoms with Crippen LogP contribution in [0, 0.1) is 0 Å². The number of rotatable bonds is 7. The van der Waals surface area contributed by atoms with E-state index in [1.165, 1.54) is 4.70 Å². The number of aromatic amines is 1. The number of fused-ring (bicyclic) bond motifs is 2. The molecular weight excluding hydrogens is 356 g/mol. The molecule has 4 aromatic rings. The first-order valence-electron chi connectivity index (χ1n) is 9.27. The number of nitrogens with one attached hydrogen (secondary N) is 1. The number of unbranched alkanes of at least 4 members (excludes halogenated alkanes) is 1. The van der Waals surface area contributed by atoms with Gasteiger partial charge in [0.15, 0.2) is 0 Å². The second-order valence-corrected chi connectivity index (χ2v) is 7.78. The smallest absolute Gasteiger partial charge is 0.258 e. The Labute approximate surface area is 161 Å². The Kier molecular flexibility index (Phi) is 5.27. The van der Waals surface area contributed by atoms with Gasteiger partial charge >= 0.3 is 0 Å². The van der Waals surface area contributed by atoms with Crippen LogP contribution in [0.3, 0.4) is 0 Å². The van der Waals surface area contributed by atoms with Crippen molar-refractivity contribution in [2.75, 3.05) is 6.54 Å². The average Bonchev–Trinajstić information content (AvgIpc) is 3.08. The van der Waals surface area contributed by atoms with E-state index in [1.807, 2.05) is 36.4 Å². The van der Waals surface area contributed by atoms with Gasteiger partial charge in [-0.1, -0.05) is 37.6 Å². The third kappa shape index (κ3) is 4.07. The summed E-state index contributed by atoms with van der Waals surface area (Å²) in [7, 11) is 0. The van der Waals surface area contributed by atoms with E-state index in [9.17, 15) is 4.79 Å². The highest BCUT2D eigenvalue weighted by molar-refractivity contribution is 7.18. The Bertz CT molecular complexity index is 1080. The molecule has 4 rings (SSSR count). The van der Waals surface area contributed by atoms with Crippen LogP contribution in [-0.2, 0) is 13.1 Å². The van der Waals surface area contributed by atoms with Crippen LogP contribution < -0.4 is 5.56 Å². The van der Waals surface area contributed by atoms with Gasteiger partial charge in [-0.25, -0.2) is 9.97 Å². The number of aromatic nitrogens is 3. The Hall–Kier alpha value is -2.57. The summed E-state index contributed by atoms with van der Waals surface area (Å²) in [6.07, 6.45) is 2.22. The van der Waals surface area contributed by atoms with Crippen LogP contribution in [0.5, 0.6) is 0 Å². The summed E-state index contributed by atoms with van der Waals surface area (Å²) in [4.78, 5) is 27.0. The maximum atomic E-state index is 12.3. The monoisotopic (exact) mass is 378 g/mol. The zero-order valence-corrected chi connectivity index (χ0v) is 16.1. The van der Waals surface area contributed by atoms with Gasteiger partial charge in [0.05, 0.1) is 34.2 Å². The van der Waals surface area contributed by atoms with E-state index < -0.39 is 0 Å². The molecule has 0 bridgehead atoms. The summed E-state index contributed by atoms with van der Waals surface area (Å²) >= 11 is 1.73. The van der Waals surface area contributed by atoms with Crippen molar-refractivity contribution in [1.82, 2.24) is 19.9 Å². The minimum absolute atomic E-state index is 0.0778. The average molecular weight is 379 g/mol. The van der Waals surface area contributed by atoms with E-state index >= 15 is 0 Å². The lowest BCUT2D eigenvalue weighted by molar-refractivity contribution is 0.246. The SMILES string of the molecule is CCCCN(Cc1nc2ccccc2c(=O)[nH]1)Cc1nc2ccccc2s1. The van der Waals surface area contributed by atoms with Crippen molar-refractivity contribution in [2.45, 2.75) is 32.9 Å². The summed E-state index contributed by atoms with van der Waals surface area (Å²) in [6.45, 7) is 4.50. The van der Waals surface area contributed by atoms with Crippen LogP contribution in [0.2, 0.25) is 0 Å². The molecule has 0 saturated heterocycles. The normalized spacial score (nSPS) is 11.6. The minimum atomic E-state index is -0.0778. The van der Waals surface area contributed by atoms with Crippen LogP contribution in [-0.4, -0.2) is 26.4 Å². The summed E-state index contributed by atoms with van der Waals surface area (Å²) < 4.78 is 1.21. The summed E-state index contributed by atoms with van der Waals surface area (Å²) in [5, 5.41) is 1.72. The van der Waals surface area contributed by atoms with Gasteiger partial charge in [-0.2, -0.15) is 0 Å². The fourth-order valence-electron chi connectivity index (χ4n) is 3.20. The Morgan fingerprint density at radius 2 is 1.78 bits per heavy atom. The van der Waals surface area contributed by atoms with Gasteiger partial charge < -0.3 is 4.98 Å². The van der Waals surface area contributed by atoms with Crippen molar-refractivity contribution < 1.29 is 0 Å². The fraction of sp³-hybridized carbons (Fsp3) is 0.286. The molecule has 0 radical (unpaired) electrons. The number of para-hydroxylation sites is 2. The molecule has 0 aliphatic carbocycles. The molecule has 0 saturated carbocycles. The van der Waals surface area contributed by atoms with E-state index in [1.54, 1.807) is 17.4 Å². The molecule has 0 aliphatic heterocycles. The largest absolute Gasteiger partial charge is 0.309 e. The molecule has 2 aromatic heterocycles. The van der Waals surface area contributed by atoms with Gasteiger partial charge in [0.1, 0.15) is 10.8 Å². The standard InChI is InChI=1S/C21H22N4OS/c1-2-3-12-25(14-20-23-17-10-6-7-11-18(17)27-20)13-19-22-16-9-5-4-8-15(16)21(26)24-19/h4-11H,2-3,12-14H2,1H3,(H,22,24,26). The molecular formula is C21H22N4OS. The fourth-order valence-corrected chi connectivity index (χ4v) is 4.21. The van der Waals surface area contributed by atoms with Gasteiger partial charge in [-0.3, -0.25) is 9.69 Å². The first kappa shape index (κ1) is 17.8. The first-order chi connectivity index (χ1) is 13.2. The third-order valence-corrected chi connectivity index (χ3v) is 5.58. The minimum Gasteiger partial charge on any atom is -0.309 e. The predicted octanol–water partition coefficient (Wildman–Crippen LogP) is 4.34. The molecule has 6 heteroatoms. The topological polar surface area (TPSA) is 61.9 Å². The lowest BCUT2D eigenvalue weighted by Gasteiger charge is -2.20. The van der Waals surface area contributed by atoms with E-state index in [0.717, 1.165) is 42.0 Å². The van der Waals surface area contributed by atoms with Crippen molar-refractivity contribution in [2.24, 2.45) is 0 Å². The molecule has 2 aromatic carbocycles. The molecule has 2 heterocycles. The second kappa shape index (κ2) is 7.98. The van der Waals surface area contributed by atoms with Crippen LogP contribution in [0.25, 0.3) is 21.1 Å². The van der Waals surface area contributed by atoms with E-state index in [2.05, 4.69) is 27.9 Å². The number of nitrogens with zero attached hydrogens (tertiary/aromatic N) is 3. The summed E-state index contributed by atoms with van der Waals surface area (Å²) in [5.41, 5.74) is 1.71. The number of H-pyrrole nitrogens is 1. The highest BCUT2D eigenvalue weighted by Gasteiger charge is 2.13. The van der Waals surface area contributed by atoms with Gasteiger partial charge in [0.2, 0.25) is 0 Å². The lowest BCUT2D eigenvalue weighted by atomic mass is 10.2. The van der Waals surface area contributed by atoms with Crippen molar-refractivity contribution in [3.05, 3.63) is 69.7 Å². The van der Waals surface area contributed by atoms with Crippen LogP contribution in [0.15, 0.2) is 53.3 Å². The third-order valence-electron chi connectivity index (χ3n) is 4.56. The number of hydrogen-bond acceptors (Lipinski definition) is 5. The zero-order valence-electron chi connectivity index (χ0n) is 15.3. The van der Waals surface area contributed by atoms with Gasteiger partial charge in [0.25, 0.3) is 5.56 Å². The molecule has 0 spiro atoms. The maximum absolute atomic E-state index is 12.3. The Balaban J connectivity index is 1.59. The van der Waals surface area contributed by atoms with Gasteiger partial charge in [-0.15, -0.1) is 11.3 Å². The van der Waals surface area contributed by atoms with Gasteiger partial charge in [-0.05, 0) is 37.2 Å². The van der Waals surface area contributed by atoms with Crippen molar-refractivity contribution in [3.63, 3.8) is 0 Å². The molecule has 0 atom stereocenters. The molecule has 0 amide bonds. The Morgan fingerprint density at radius 1 is 1.00 bits per heavy atom. The number of thiazole rings is 1. The Morgan fingerprint density at radius 3 is 2.59 bits per heavy atom. The summed E-state index contributed by atoms with van der Waals surface area (Å²) in [5.74, 6) is 0.705. The van der Waals surface area contributed by atoms with Gasteiger partial charge in [0, 0.05) is 0 Å². The van der Waals surface area contributed by atoms with E-state index in [0.29, 0.717) is 17.8 Å². The molecule has 0 unspecified atom stereocenters. The molecule has 27 heavy (non-hydrogen) atoms. The van der Waals surface area contributed by atoms with E-state index in [4.69, 9.17) is 4.98 Å². The lowest BCUT2D eigenvalue weighted by Crippen LogP contribution is -2.26. The predicted molar refractivity (Wildman–Crippen MR) is 111 cm³/mol. The molecule has 5 nitrogen and oxygen atoms in total. The van der Waals surface area contributed by atoms with Crippen molar-refractivity contribution in [1.29, 1.82) is 0 Å². The molecule has 0 aliphatic rings. The quantitative estimate of drug-likeness (QED) is 0.520. The highest BCUT2D eigenvalue weighted by Crippen LogP contribution is 2.23. The molecule has 0 fully saturated rings. The first-order valence-corrected chi connectivity index (χ1v) is 10.1. The number of benzene rings is 2. The van der Waals surface area contributed by atoms with Crippen molar-refractivity contribution >= 4 is 32.5 Å². The van der Waals surface area contributed by atoms with Crippen LogP contribution >= 0.6 is 11.3 Å². The zero-order chi connectivity index (χ0) is 18.6.